The third-order valence-electron chi connectivity index (χ3n) is 11.3. The molecule has 4 heterocycles. The summed E-state index contributed by atoms with van der Waals surface area (Å²) in [5.74, 6) is -3.95. The Morgan fingerprint density at radius 2 is 1.34 bits per heavy atom. The number of ether oxygens (including phenoxy) is 10. The van der Waals surface area contributed by atoms with Gasteiger partial charge < -0.3 is 92.6 Å². The summed E-state index contributed by atoms with van der Waals surface area (Å²) in [5, 5.41) is 86.9. The molecular formula is C45H56O23. The molecule has 6 rings (SSSR count). The van der Waals surface area contributed by atoms with Crippen LogP contribution in [0.5, 0.6) is 23.0 Å². The lowest BCUT2D eigenvalue weighted by Gasteiger charge is -2.46. The molecule has 2 aromatic carbocycles. The van der Waals surface area contributed by atoms with Crippen molar-refractivity contribution in [3.8, 4) is 34.3 Å². The maximum absolute atomic E-state index is 14.9. The van der Waals surface area contributed by atoms with Gasteiger partial charge in [0.05, 0.1) is 19.8 Å². The molecule has 8 N–H and O–H groups in total. The molecule has 3 aromatic rings. The number of aliphatic hydroxyl groups excluding tert-OH is 7. The number of carbonyl (C=O) groups excluding carboxylic acids is 3. The molecule has 0 amide bonds. The van der Waals surface area contributed by atoms with Gasteiger partial charge in [-0.15, -0.1) is 0 Å². The Bertz CT molecular complexity index is 2360. The molecule has 0 spiro atoms. The Balaban J connectivity index is 1.45. The summed E-state index contributed by atoms with van der Waals surface area (Å²) >= 11 is 0. The molecule has 0 saturated carbocycles. The number of fused-ring (bicyclic) bond motifs is 1. The van der Waals surface area contributed by atoms with E-state index in [9.17, 15) is 60.0 Å². The van der Waals surface area contributed by atoms with Crippen LogP contribution in [0.2, 0.25) is 0 Å². The number of phenolic OH excluding ortho intramolecular Hbond substituents is 1. The number of benzene rings is 2. The normalized spacial score (nSPS) is 31.6. The van der Waals surface area contributed by atoms with Crippen LogP contribution < -0.4 is 19.6 Å². The quantitative estimate of drug-likeness (QED) is 0.0546. The van der Waals surface area contributed by atoms with Gasteiger partial charge in [0, 0.05) is 38.0 Å². The van der Waals surface area contributed by atoms with Crippen LogP contribution in [0.1, 0.15) is 47.1 Å². The average Bonchev–Trinajstić information content (AvgIpc) is 3.28. The van der Waals surface area contributed by atoms with Crippen molar-refractivity contribution in [2.24, 2.45) is 0 Å². The topological polar surface area (TPSA) is 336 Å². The van der Waals surface area contributed by atoms with Gasteiger partial charge in [-0.25, -0.2) is 0 Å². The fourth-order valence-electron chi connectivity index (χ4n) is 7.85. The van der Waals surface area contributed by atoms with Crippen molar-refractivity contribution >= 4 is 28.9 Å². The van der Waals surface area contributed by atoms with E-state index in [0.717, 1.165) is 32.4 Å². The van der Waals surface area contributed by atoms with Crippen molar-refractivity contribution in [2.45, 2.75) is 140 Å². The summed E-state index contributed by atoms with van der Waals surface area (Å²) < 4.78 is 63.2. The van der Waals surface area contributed by atoms with Crippen LogP contribution in [0, 0.1) is 0 Å². The zero-order valence-electron chi connectivity index (χ0n) is 37.9. The van der Waals surface area contributed by atoms with Crippen LogP contribution in [0.3, 0.4) is 0 Å². The minimum absolute atomic E-state index is 0.0251. The molecule has 3 aliphatic rings. The molecule has 23 heteroatoms. The second kappa shape index (κ2) is 21.9. The zero-order chi connectivity index (χ0) is 49.9. The third-order valence-corrected chi connectivity index (χ3v) is 11.3. The highest BCUT2D eigenvalue weighted by Crippen LogP contribution is 2.42. The van der Waals surface area contributed by atoms with E-state index in [1.807, 2.05) is 0 Å². The van der Waals surface area contributed by atoms with Crippen LogP contribution in [0.25, 0.3) is 22.3 Å². The number of aliphatic hydroxyl groups is 7. The first kappa shape index (κ1) is 51.9. The van der Waals surface area contributed by atoms with Crippen molar-refractivity contribution in [1.82, 2.24) is 0 Å². The number of esters is 3. The van der Waals surface area contributed by atoms with E-state index >= 15 is 0 Å². The summed E-state index contributed by atoms with van der Waals surface area (Å²) in [6, 6.07) is 7.11. The van der Waals surface area contributed by atoms with Gasteiger partial charge in [-0.3, -0.25) is 19.2 Å². The maximum atomic E-state index is 14.9. The summed E-state index contributed by atoms with van der Waals surface area (Å²) in [6.45, 7) is 6.83. The van der Waals surface area contributed by atoms with E-state index in [-0.39, 0.29) is 34.6 Å². The maximum Gasteiger partial charge on any atom is 0.303 e. The number of aromatic hydroxyl groups is 1. The predicted octanol–water partition coefficient (Wildman–Crippen LogP) is -0.395. The zero-order valence-corrected chi connectivity index (χ0v) is 37.9. The number of carbonyl (C=O) groups is 3. The van der Waals surface area contributed by atoms with Crippen molar-refractivity contribution < 1.29 is 107 Å². The highest BCUT2D eigenvalue weighted by molar-refractivity contribution is 5.91. The van der Waals surface area contributed by atoms with Crippen LogP contribution >= 0.6 is 0 Å². The molecule has 68 heavy (non-hydrogen) atoms. The van der Waals surface area contributed by atoms with Crippen LogP contribution in [-0.2, 0) is 54.0 Å². The van der Waals surface area contributed by atoms with Crippen LogP contribution in [0.15, 0.2) is 51.2 Å². The smallest absolute Gasteiger partial charge is 0.303 e. The molecular weight excluding hydrogens is 908 g/mol. The lowest BCUT2D eigenvalue weighted by molar-refractivity contribution is -0.351. The van der Waals surface area contributed by atoms with Crippen molar-refractivity contribution in [2.75, 3.05) is 20.3 Å². The Labute approximate surface area is 387 Å². The highest BCUT2D eigenvalue weighted by Gasteiger charge is 2.54. The molecule has 0 unspecified atom stereocenters. The van der Waals surface area contributed by atoms with E-state index < -0.39 is 146 Å². The lowest BCUT2D eigenvalue weighted by atomic mass is 9.96. The summed E-state index contributed by atoms with van der Waals surface area (Å²) in [4.78, 5) is 50.9. The van der Waals surface area contributed by atoms with E-state index in [0.29, 0.717) is 5.75 Å². The van der Waals surface area contributed by atoms with Crippen LogP contribution in [0.4, 0.5) is 0 Å². The third kappa shape index (κ3) is 11.2. The Hall–Kier alpha value is -5.44. The largest absolute Gasteiger partial charge is 0.507 e. The minimum atomic E-state index is -2.04. The number of allylic oxidation sites excluding steroid dienone is 2. The van der Waals surface area contributed by atoms with Gasteiger partial charge in [-0.1, -0.05) is 11.6 Å². The van der Waals surface area contributed by atoms with Gasteiger partial charge in [0.1, 0.15) is 89.8 Å². The molecule has 3 aliphatic heterocycles. The molecule has 15 atom stereocenters. The Kier molecular flexibility index (Phi) is 16.7. The molecule has 374 valence electrons. The summed E-state index contributed by atoms with van der Waals surface area (Å²) in [7, 11) is 1.43. The molecule has 23 nitrogen and oxygen atoms in total. The monoisotopic (exact) mass is 964 g/mol. The number of hydrogen-bond donors (Lipinski definition) is 8. The van der Waals surface area contributed by atoms with Gasteiger partial charge in [0.2, 0.25) is 23.8 Å². The molecule has 0 aliphatic carbocycles. The number of phenols is 1. The molecule has 1 aromatic heterocycles. The molecule has 0 radical (unpaired) electrons. The SMILES string of the molecule is COc1ccc(-c2oc3c(CC=C(C)C)c(O[C@@H]4O[C@H](CO)[C@@H](O)[C@H](O)[C@H]4O)cc(O)c3c(=O)c2O[C@@H]2O[C@@H](C)[C@H](OC(C)=O)[C@@H](O[C@@H]3O[C@H](COC(C)=O)[C@@H](OC(C)=O)[C@H](O)[C@H]3O)[C@H]2O)cc1. The van der Waals surface area contributed by atoms with Crippen molar-refractivity contribution in [1.29, 1.82) is 0 Å². The molecule has 0 bridgehead atoms. The average molecular weight is 965 g/mol. The highest BCUT2D eigenvalue weighted by atomic mass is 16.8. The lowest BCUT2D eigenvalue weighted by Crippen LogP contribution is -2.65. The van der Waals surface area contributed by atoms with Gasteiger partial charge in [0.15, 0.2) is 24.3 Å². The first-order valence-electron chi connectivity index (χ1n) is 21.4. The first-order chi connectivity index (χ1) is 32.1. The fraction of sp³-hybridized carbons (Fsp3) is 0.556. The van der Waals surface area contributed by atoms with Gasteiger partial charge in [0.25, 0.3) is 0 Å². The fourth-order valence-corrected chi connectivity index (χ4v) is 7.85. The van der Waals surface area contributed by atoms with E-state index in [2.05, 4.69) is 0 Å². The Morgan fingerprint density at radius 3 is 1.94 bits per heavy atom. The standard InChI is InChI=1S/C45H56O23/c1-17(2)8-13-24-26(63-43-34(55)32(53)30(51)27(15-46)64-43)14-25(50)29-31(52)41(38(66-39(24)29)22-9-11-23(58-7)12-10-22)67-45-36(57)42(37(18(3)60-45)61-20(5)48)68-44-35(56)33(54)40(62-21(6)49)28(65-44)16-59-19(4)47/h8-12,14,18,27-28,30,32-37,40,42-46,50-51,53-57H,13,15-16H2,1-7H3/t18-,27+,28+,30+,32-,33+,34+,35+,36+,37-,40+,42-,43+,44-,45-/m0/s1. The predicted molar refractivity (Wildman–Crippen MR) is 228 cm³/mol. The van der Waals surface area contributed by atoms with Crippen molar-refractivity contribution in [3.05, 3.63) is 57.8 Å². The number of methoxy groups -OCH3 is 1. The van der Waals surface area contributed by atoms with Gasteiger partial charge in [-0.05, 0) is 51.5 Å². The van der Waals surface area contributed by atoms with Crippen molar-refractivity contribution in [3.63, 3.8) is 0 Å². The van der Waals surface area contributed by atoms with Gasteiger partial charge >= 0.3 is 17.9 Å². The summed E-state index contributed by atoms with van der Waals surface area (Å²) in [6.07, 6.45) is -23.9. The van der Waals surface area contributed by atoms with Gasteiger partial charge in [-0.2, -0.15) is 0 Å². The second-order valence-electron chi connectivity index (χ2n) is 16.6. The first-order valence-corrected chi connectivity index (χ1v) is 21.4. The molecule has 3 saturated heterocycles. The molecule has 3 fully saturated rings. The Morgan fingerprint density at radius 1 is 0.721 bits per heavy atom. The van der Waals surface area contributed by atoms with E-state index in [1.54, 1.807) is 19.9 Å². The number of hydrogen-bond acceptors (Lipinski definition) is 23. The van der Waals surface area contributed by atoms with Crippen LogP contribution in [-0.4, -0.2) is 171 Å². The van der Waals surface area contributed by atoms with E-state index in [1.165, 1.54) is 38.3 Å². The summed E-state index contributed by atoms with van der Waals surface area (Å²) in [5.41, 5.74) is -0.170. The van der Waals surface area contributed by atoms with E-state index in [4.69, 9.17) is 51.8 Å². The number of rotatable bonds is 15. The second-order valence-corrected chi connectivity index (χ2v) is 16.6. The minimum Gasteiger partial charge on any atom is -0.507 e.